The van der Waals surface area contributed by atoms with E-state index >= 15 is 0 Å². The maximum atomic E-state index is 4.51. The molecule has 0 saturated heterocycles. The molecule has 0 aromatic carbocycles. The third-order valence-corrected chi connectivity index (χ3v) is 3.97. The van der Waals surface area contributed by atoms with E-state index in [1.54, 1.807) is 11.3 Å². The Morgan fingerprint density at radius 3 is 2.89 bits per heavy atom. The van der Waals surface area contributed by atoms with Crippen LogP contribution in [0.25, 0.3) is 0 Å². The number of rotatable bonds is 6. The van der Waals surface area contributed by atoms with Crippen LogP contribution in [0, 0.1) is 0 Å². The Kier molecular flexibility index (Phi) is 5.35. The van der Waals surface area contributed by atoms with Crippen molar-refractivity contribution in [1.29, 1.82) is 0 Å². The van der Waals surface area contributed by atoms with Gasteiger partial charge >= 0.3 is 0 Å². The molecule has 2 aromatic rings. The number of nitrogens with zero attached hydrogens (tertiary/aromatic N) is 1. The summed E-state index contributed by atoms with van der Waals surface area (Å²) in [5.41, 5.74) is 2.48. The first kappa shape index (κ1) is 13.7. The van der Waals surface area contributed by atoms with Crippen LogP contribution in [-0.2, 0) is 6.42 Å². The molecule has 2 nitrogen and oxygen atoms in total. The van der Waals surface area contributed by atoms with E-state index in [9.17, 15) is 0 Å². The molecule has 0 saturated carbocycles. The van der Waals surface area contributed by atoms with Gasteiger partial charge in [0.1, 0.15) is 0 Å². The number of pyridine rings is 1. The van der Waals surface area contributed by atoms with Gasteiger partial charge in [-0.05, 0) is 69.8 Å². The third-order valence-electron chi connectivity index (χ3n) is 2.77. The van der Waals surface area contributed by atoms with Gasteiger partial charge in [-0.3, -0.25) is 4.98 Å². The van der Waals surface area contributed by atoms with Crippen LogP contribution in [0.4, 0.5) is 0 Å². The van der Waals surface area contributed by atoms with Crippen LogP contribution in [0.15, 0.2) is 39.6 Å². The molecule has 1 N–H and O–H groups in total. The highest BCUT2D eigenvalue weighted by Crippen LogP contribution is 2.19. The molecule has 1 atom stereocenters. The minimum atomic E-state index is 0.299. The summed E-state index contributed by atoms with van der Waals surface area (Å²) in [4.78, 5) is 4.51. The zero-order valence-corrected chi connectivity index (χ0v) is 12.8. The predicted molar refractivity (Wildman–Crippen MR) is 81.0 cm³/mol. The van der Waals surface area contributed by atoms with Crippen LogP contribution in [0.5, 0.6) is 0 Å². The molecule has 96 valence electrons. The number of thiophene rings is 1. The molecule has 2 aromatic heterocycles. The minimum Gasteiger partial charge on any atom is -0.308 e. The fraction of sp³-hybridized carbons (Fsp3) is 0.357. The van der Waals surface area contributed by atoms with E-state index in [-0.39, 0.29) is 0 Å². The molecule has 2 heterocycles. The summed E-state index contributed by atoms with van der Waals surface area (Å²) >= 11 is 5.17. The Hall–Kier alpha value is -0.710. The Bertz CT molecular complexity index is 453. The number of hydrogen-bond acceptors (Lipinski definition) is 3. The number of hydrogen-bond donors (Lipinski definition) is 1. The topological polar surface area (TPSA) is 24.9 Å². The second-order valence-electron chi connectivity index (χ2n) is 4.24. The minimum absolute atomic E-state index is 0.299. The van der Waals surface area contributed by atoms with Gasteiger partial charge in [0.25, 0.3) is 0 Å². The van der Waals surface area contributed by atoms with E-state index in [4.69, 9.17) is 0 Å². The van der Waals surface area contributed by atoms with Crippen LogP contribution in [0.2, 0.25) is 0 Å². The maximum absolute atomic E-state index is 4.51. The monoisotopic (exact) mass is 324 g/mol. The van der Waals surface area contributed by atoms with Gasteiger partial charge < -0.3 is 5.32 Å². The normalized spacial score (nSPS) is 12.6. The summed E-state index contributed by atoms with van der Waals surface area (Å²) < 4.78 is 1.02. The molecule has 1 unspecified atom stereocenters. The molecule has 0 aliphatic heterocycles. The van der Waals surface area contributed by atoms with Gasteiger partial charge in [0.15, 0.2) is 0 Å². The van der Waals surface area contributed by atoms with Gasteiger partial charge in [-0.1, -0.05) is 6.92 Å². The predicted octanol–water partition coefficient (Wildman–Crippen LogP) is 4.19. The first-order chi connectivity index (χ1) is 8.79. The van der Waals surface area contributed by atoms with Crippen molar-refractivity contribution < 1.29 is 0 Å². The number of nitrogens with one attached hydrogen (secondary N) is 1. The van der Waals surface area contributed by atoms with E-state index < -0.39 is 0 Å². The molecule has 4 heteroatoms. The zero-order valence-electron chi connectivity index (χ0n) is 10.4. The van der Waals surface area contributed by atoms with Crippen molar-refractivity contribution in [2.45, 2.75) is 25.8 Å². The van der Waals surface area contributed by atoms with Gasteiger partial charge in [0.2, 0.25) is 0 Å². The smallest absolute Gasteiger partial charge is 0.0577 e. The molecular weight excluding hydrogens is 308 g/mol. The summed E-state index contributed by atoms with van der Waals surface area (Å²) in [5, 5.41) is 7.90. The molecule has 0 aliphatic rings. The van der Waals surface area contributed by atoms with Crippen molar-refractivity contribution in [2.75, 3.05) is 6.54 Å². The second kappa shape index (κ2) is 7.02. The molecule has 2 rings (SSSR count). The number of aromatic nitrogens is 1. The van der Waals surface area contributed by atoms with Crippen molar-refractivity contribution in [3.63, 3.8) is 0 Å². The number of halogens is 1. The van der Waals surface area contributed by atoms with E-state index in [2.05, 4.69) is 62.1 Å². The molecule has 0 radical (unpaired) electrons. The SMILES string of the molecule is CCCNC(Cc1ccsc1)c1ccc(Br)cn1. The quantitative estimate of drug-likeness (QED) is 0.861. The van der Waals surface area contributed by atoms with Gasteiger partial charge in [-0.2, -0.15) is 11.3 Å². The van der Waals surface area contributed by atoms with Crippen LogP contribution in [0.3, 0.4) is 0 Å². The van der Waals surface area contributed by atoms with E-state index in [1.807, 2.05) is 6.20 Å². The van der Waals surface area contributed by atoms with Crippen LogP contribution >= 0.6 is 27.3 Å². The summed E-state index contributed by atoms with van der Waals surface area (Å²) in [6.07, 6.45) is 4.00. The highest BCUT2D eigenvalue weighted by molar-refractivity contribution is 9.10. The van der Waals surface area contributed by atoms with Crippen LogP contribution in [0.1, 0.15) is 30.6 Å². The third kappa shape index (κ3) is 3.90. The molecule has 0 aliphatic carbocycles. The van der Waals surface area contributed by atoms with E-state index in [0.717, 1.165) is 29.6 Å². The first-order valence-corrected chi connectivity index (χ1v) is 7.89. The molecule has 0 spiro atoms. The summed E-state index contributed by atoms with van der Waals surface area (Å²) in [6, 6.07) is 6.62. The van der Waals surface area contributed by atoms with Crippen molar-refractivity contribution in [3.8, 4) is 0 Å². The van der Waals surface area contributed by atoms with Gasteiger partial charge in [0, 0.05) is 10.7 Å². The van der Waals surface area contributed by atoms with Gasteiger partial charge in [0.05, 0.1) is 11.7 Å². The summed E-state index contributed by atoms with van der Waals surface area (Å²) in [5.74, 6) is 0. The van der Waals surface area contributed by atoms with Crippen molar-refractivity contribution >= 4 is 27.3 Å². The lowest BCUT2D eigenvalue weighted by Gasteiger charge is -2.17. The lowest BCUT2D eigenvalue weighted by atomic mass is 10.1. The standard InChI is InChI=1S/C14H17BrN2S/c1-2-6-16-14(8-11-5-7-18-10-11)13-4-3-12(15)9-17-13/h3-5,7,9-10,14,16H,2,6,8H2,1H3. The summed E-state index contributed by atoms with van der Waals surface area (Å²) in [6.45, 7) is 3.20. The summed E-state index contributed by atoms with van der Waals surface area (Å²) in [7, 11) is 0. The maximum Gasteiger partial charge on any atom is 0.0577 e. The van der Waals surface area contributed by atoms with Crippen LogP contribution < -0.4 is 5.32 Å². The molecule has 0 bridgehead atoms. The van der Waals surface area contributed by atoms with E-state index in [1.165, 1.54) is 5.56 Å². The van der Waals surface area contributed by atoms with Gasteiger partial charge in [-0.15, -0.1) is 0 Å². The fourth-order valence-electron chi connectivity index (χ4n) is 1.84. The van der Waals surface area contributed by atoms with E-state index in [0.29, 0.717) is 6.04 Å². The lowest BCUT2D eigenvalue weighted by molar-refractivity contribution is 0.518. The Morgan fingerprint density at radius 2 is 2.28 bits per heavy atom. The van der Waals surface area contributed by atoms with Crippen molar-refractivity contribution in [1.82, 2.24) is 10.3 Å². The van der Waals surface area contributed by atoms with Crippen molar-refractivity contribution in [2.24, 2.45) is 0 Å². The Balaban J connectivity index is 2.11. The highest BCUT2D eigenvalue weighted by Gasteiger charge is 2.13. The Morgan fingerprint density at radius 1 is 1.39 bits per heavy atom. The Labute approximate surface area is 121 Å². The lowest BCUT2D eigenvalue weighted by Crippen LogP contribution is -2.24. The average Bonchev–Trinajstić information content (AvgIpc) is 2.88. The molecule has 0 fully saturated rings. The molecule has 0 amide bonds. The average molecular weight is 325 g/mol. The fourth-order valence-corrected chi connectivity index (χ4v) is 2.75. The van der Waals surface area contributed by atoms with Crippen LogP contribution in [-0.4, -0.2) is 11.5 Å². The zero-order chi connectivity index (χ0) is 12.8. The van der Waals surface area contributed by atoms with Crippen molar-refractivity contribution in [3.05, 3.63) is 50.9 Å². The second-order valence-corrected chi connectivity index (χ2v) is 5.94. The molecular formula is C14H17BrN2S. The largest absolute Gasteiger partial charge is 0.308 e. The molecule has 18 heavy (non-hydrogen) atoms. The van der Waals surface area contributed by atoms with Gasteiger partial charge in [-0.25, -0.2) is 0 Å². The highest BCUT2D eigenvalue weighted by atomic mass is 79.9. The first-order valence-electron chi connectivity index (χ1n) is 6.15.